The Hall–Kier alpha value is -3.59. The van der Waals surface area contributed by atoms with E-state index in [1.807, 2.05) is 66.7 Å². The molecule has 0 saturated heterocycles. The van der Waals surface area contributed by atoms with Gasteiger partial charge < -0.3 is 10.0 Å². The molecule has 0 aliphatic rings. The molecule has 0 unspecified atom stereocenters. The van der Waals surface area contributed by atoms with E-state index in [1.165, 1.54) is 12.1 Å². The fourth-order valence-corrected chi connectivity index (χ4v) is 4.01. The molecule has 6 nitrogen and oxygen atoms in total. The third-order valence-corrected chi connectivity index (χ3v) is 5.71. The van der Waals surface area contributed by atoms with Crippen LogP contribution in [0.25, 0.3) is 33.1 Å². The summed E-state index contributed by atoms with van der Waals surface area (Å²) in [6.45, 7) is 0. The average Bonchev–Trinajstić information content (AvgIpc) is 2.94. The van der Waals surface area contributed by atoms with Crippen molar-refractivity contribution in [3.05, 3.63) is 125 Å². The van der Waals surface area contributed by atoms with Crippen LogP contribution in [-0.4, -0.2) is 37.1 Å². The van der Waals surface area contributed by atoms with Gasteiger partial charge in [0.2, 0.25) is 10.6 Å². The predicted molar refractivity (Wildman–Crippen MR) is 156 cm³/mol. The van der Waals surface area contributed by atoms with Gasteiger partial charge in [-0.2, -0.15) is 0 Å². The molecular weight excluding hydrogens is 542 g/mol. The van der Waals surface area contributed by atoms with Crippen molar-refractivity contribution < 1.29 is 12.8 Å². The summed E-state index contributed by atoms with van der Waals surface area (Å²) in [5, 5.41) is 19.8. The van der Waals surface area contributed by atoms with Crippen LogP contribution in [0.1, 0.15) is 2.74 Å². The molecular formula is C28H20BCl3N4O2. The van der Waals surface area contributed by atoms with E-state index in [1.54, 1.807) is 18.2 Å². The van der Waals surface area contributed by atoms with Crippen LogP contribution in [-0.2, 0) is 0 Å². The van der Waals surface area contributed by atoms with Crippen molar-refractivity contribution in [2.45, 2.75) is 0 Å². The summed E-state index contributed by atoms with van der Waals surface area (Å²) in [7, 11) is -1.53. The highest BCUT2D eigenvalue weighted by molar-refractivity contribution is 6.58. The van der Waals surface area contributed by atoms with E-state index in [-0.39, 0.29) is 22.1 Å². The van der Waals surface area contributed by atoms with E-state index in [2.05, 4.69) is 19.9 Å². The molecule has 2 heterocycles. The van der Waals surface area contributed by atoms with Gasteiger partial charge in [-0.25, -0.2) is 19.9 Å². The summed E-state index contributed by atoms with van der Waals surface area (Å²) in [6, 6.07) is 29.4. The van der Waals surface area contributed by atoms with Gasteiger partial charge in [-0.05, 0) is 46.9 Å². The molecule has 2 aromatic heterocycles. The lowest BCUT2D eigenvalue weighted by Crippen LogP contribution is -2.29. The second-order valence-corrected chi connectivity index (χ2v) is 8.66. The van der Waals surface area contributed by atoms with Gasteiger partial charge in [0.05, 0.1) is 19.5 Å². The summed E-state index contributed by atoms with van der Waals surface area (Å²) in [5.41, 5.74) is 3.26. The molecule has 0 atom stereocenters. The first kappa shape index (κ1) is 24.7. The van der Waals surface area contributed by atoms with Crippen molar-refractivity contribution in [1.29, 1.82) is 0 Å². The smallest absolute Gasteiger partial charge is 0.423 e. The monoisotopic (exact) mass is 562 g/mol. The Kier molecular flexibility index (Phi) is 8.65. The number of hydrogen-bond donors (Lipinski definition) is 2. The Morgan fingerprint density at radius 1 is 0.579 bits per heavy atom. The third kappa shape index (κ3) is 7.25. The van der Waals surface area contributed by atoms with Gasteiger partial charge in [0.25, 0.3) is 0 Å². The molecule has 2 N–H and O–H groups in total. The van der Waals surface area contributed by atoms with Crippen LogP contribution >= 0.6 is 34.8 Å². The standard InChI is InChI=1S/C14H9ClN2.C8H4Cl2N2.C6H7BO2/c15-14-16-12-9-5-4-8-11(12)13(17-14)10-6-2-1-3-7-10;9-7-5-3-1-2-4-6(5)11-8(10)12-7;8-7(9)6-4-2-1-3-5-6/h1-9H;1-4H;1-5,8-9H/i6D;;4D. The normalized spacial score (nSPS) is 11.0. The molecule has 0 bridgehead atoms. The lowest BCUT2D eigenvalue weighted by atomic mass is 9.81. The zero-order chi connectivity index (χ0) is 28.6. The number of rotatable bonds is 2. The second kappa shape index (κ2) is 13.3. The summed E-state index contributed by atoms with van der Waals surface area (Å²) < 4.78 is 15.1. The number of aromatic nitrogens is 4. The Labute approximate surface area is 237 Å². The highest BCUT2D eigenvalue weighted by Crippen LogP contribution is 2.26. The van der Waals surface area contributed by atoms with Gasteiger partial charge in [-0.15, -0.1) is 0 Å². The maximum Gasteiger partial charge on any atom is 0.488 e. The maximum absolute atomic E-state index is 8.64. The predicted octanol–water partition coefficient (Wildman–Crippen LogP) is 6.25. The number of hydrogen-bond acceptors (Lipinski definition) is 6. The van der Waals surface area contributed by atoms with Crippen molar-refractivity contribution in [2.24, 2.45) is 0 Å². The first-order valence-electron chi connectivity index (χ1n) is 12.2. The topological polar surface area (TPSA) is 92.0 Å². The fraction of sp³-hybridized carbons (Fsp3) is 0. The molecule has 6 rings (SSSR count). The summed E-state index contributed by atoms with van der Waals surface area (Å²) in [5.74, 6) is 0. The van der Waals surface area contributed by atoms with Crippen LogP contribution in [0.4, 0.5) is 0 Å². The van der Waals surface area contributed by atoms with Crippen molar-refractivity contribution in [2.75, 3.05) is 0 Å². The second-order valence-electron chi connectivity index (χ2n) is 7.63. The number of nitrogens with zero attached hydrogens (tertiary/aromatic N) is 4. The zero-order valence-corrected chi connectivity index (χ0v) is 21.9. The van der Waals surface area contributed by atoms with E-state index in [4.69, 9.17) is 47.6 Å². The minimum atomic E-state index is -1.53. The Morgan fingerprint density at radius 3 is 1.76 bits per heavy atom. The summed E-state index contributed by atoms with van der Waals surface area (Å²) >= 11 is 17.4. The van der Waals surface area contributed by atoms with Gasteiger partial charge in [0, 0.05) is 16.3 Å². The van der Waals surface area contributed by atoms with Crippen molar-refractivity contribution in [3.8, 4) is 11.3 Å². The molecule has 0 spiro atoms. The third-order valence-electron chi connectivity index (χ3n) is 5.08. The number of benzene rings is 4. The quantitative estimate of drug-likeness (QED) is 0.147. The summed E-state index contributed by atoms with van der Waals surface area (Å²) in [4.78, 5) is 16.3. The van der Waals surface area contributed by atoms with Crippen molar-refractivity contribution >= 4 is 69.2 Å². The molecule has 10 heteroatoms. The van der Waals surface area contributed by atoms with Crippen molar-refractivity contribution in [1.82, 2.24) is 19.9 Å². The fourth-order valence-electron chi connectivity index (χ4n) is 3.37. The largest absolute Gasteiger partial charge is 0.488 e. The Morgan fingerprint density at radius 2 is 1.13 bits per heavy atom. The van der Waals surface area contributed by atoms with Crippen LogP contribution in [0.2, 0.25) is 15.7 Å². The van der Waals surface area contributed by atoms with Gasteiger partial charge in [0.1, 0.15) is 5.15 Å². The van der Waals surface area contributed by atoms with E-state index in [0.717, 1.165) is 27.4 Å². The zero-order valence-electron chi connectivity index (χ0n) is 21.6. The first-order valence-corrected chi connectivity index (χ1v) is 12.4. The molecule has 0 aliphatic heterocycles. The number of halogens is 3. The average molecular weight is 564 g/mol. The van der Waals surface area contributed by atoms with E-state index >= 15 is 0 Å². The van der Waals surface area contributed by atoms with Gasteiger partial charge in [0.15, 0.2) is 0 Å². The molecule has 188 valence electrons. The molecule has 0 fully saturated rings. The van der Waals surface area contributed by atoms with E-state index in [0.29, 0.717) is 16.9 Å². The Bertz CT molecular complexity index is 1780. The van der Waals surface area contributed by atoms with Crippen LogP contribution in [0.5, 0.6) is 0 Å². The molecule has 6 aromatic rings. The van der Waals surface area contributed by atoms with Crippen LogP contribution in [0, 0.1) is 0 Å². The van der Waals surface area contributed by atoms with Gasteiger partial charge in [-0.1, -0.05) is 103 Å². The van der Waals surface area contributed by atoms with E-state index < -0.39 is 7.12 Å². The molecule has 4 aromatic carbocycles. The highest BCUT2D eigenvalue weighted by Gasteiger charge is 2.08. The number of para-hydroxylation sites is 2. The first-order chi connectivity index (χ1) is 19.2. The molecule has 0 aliphatic carbocycles. The number of fused-ring (bicyclic) bond motifs is 2. The van der Waals surface area contributed by atoms with Gasteiger partial charge >= 0.3 is 7.12 Å². The molecule has 0 saturated carbocycles. The molecule has 38 heavy (non-hydrogen) atoms. The maximum atomic E-state index is 8.64. The lowest BCUT2D eigenvalue weighted by Gasteiger charge is -2.05. The van der Waals surface area contributed by atoms with Crippen molar-refractivity contribution in [3.63, 3.8) is 0 Å². The van der Waals surface area contributed by atoms with Crippen LogP contribution in [0.15, 0.2) is 109 Å². The summed E-state index contributed by atoms with van der Waals surface area (Å²) in [6.07, 6.45) is 0. The highest BCUT2D eigenvalue weighted by atomic mass is 35.5. The lowest BCUT2D eigenvalue weighted by molar-refractivity contribution is 0.426. The minimum absolute atomic E-state index is 0.150. The molecule has 0 radical (unpaired) electrons. The van der Waals surface area contributed by atoms with Gasteiger partial charge in [-0.3, -0.25) is 0 Å². The Balaban J connectivity index is 0.000000147. The minimum Gasteiger partial charge on any atom is -0.423 e. The SMILES string of the molecule is Clc1nc(Cl)c2ccccc2n1.[2H]c1ccccc1-c1nc(Cl)nc2ccccc12.[2H]c1ccccc1B(O)O. The van der Waals surface area contributed by atoms with E-state index in [9.17, 15) is 0 Å². The van der Waals surface area contributed by atoms with Crippen LogP contribution in [0.3, 0.4) is 0 Å². The van der Waals surface area contributed by atoms with Crippen LogP contribution < -0.4 is 5.46 Å². The molecule has 0 amide bonds.